The first kappa shape index (κ1) is 15.2. The molecule has 6 heteroatoms. The monoisotopic (exact) mass is 353 g/mol. The summed E-state index contributed by atoms with van der Waals surface area (Å²) in [6.07, 6.45) is 3.37. The average Bonchev–Trinajstić information content (AvgIpc) is 3.17. The van der Waals surface area contributed by atoms with Crippen LogP contribution in [0.1, 0.15) is 42.1 Å². The molecule has 2 aliphatic heterocycles. The molecule has 0 bridgehead atoms. The second kappa shape index (κ2) is 5.71. The van der Waals surface area contributed by atoms with Gasteiger partial charge in [-0.15, -0.1) is 0 Å². The third-order valence-electron chi connectivity index (χ3n) is 4.91. The van der Waals surface area contributed by atoms with E-state index >= 15 is 0 Å². The molecule has 0 unspecified atom stereocenters. The Morgan fingerprint density at radius 1 is 1.20 bits per heavy atom. The van der Waals surface area contributed by atoms with E-state index in [0.717, 1.165) is 30.2 Å². The summed E-state index contributed by atoms with van der Waals surface area (Å²) in [6, 6.07) is 8.53. The standard InChI is InChI=1S/C19H18ClN4O/c1-11-21-17(20)16-19(22-11)24(13-8-9-25-10-13)18(23-16)15-5-3-2-4-14(15)12-6-7-12/h2-5,12H,6-10H2,1H3/q+1. The SMILES string of the molecule is Cc1nc(Cl)c2c(n1)[N+](=C1CCOC1)C(c1ccccc1C1CC1)=N2. The maximum Gasteiger partial charge on any atom is 0.315 e. The molecule has 0 N–H and O–H groups in total. The van der Waals surface area contributed by atoms with Crippen molar-refractivity contribution in [3.05, 3.63) is 46.4 Å². The zero-order valence-corrected chi connectivity index (χ0v) is 14.8. The Morgan fingerprint density at radius 2 is 2.04 bits per heavy atom. The number of fused-ring (bicyclic) bond motifs is 1. The molecule has 1 saturated carbocycles. The summed E-state index contributed by atoms with van der Waals surface area (Å²) in [6.45, 7) is 3.19. The first-order valence-electron chi connectivity index (χ1n) is 8.67. The van der Waals surface area contributed by atoms with Crippen LogP contribution in [-0.2, 0) is 4.74 Å². The fourth-order valence-corrected chi connectivity index (χ4v) is 3.84. The molecule has 2 fully saturated rings. The molecule has 1 aromatic carbocycles. The summed E-state index contributed by atoms with van der Waals surface area (Å²) in [5, 5.41) is 0.408. The molecular formula is C19H18ClN4O+. The minimum absolute atomic E-state index is 0.408. The highest BCUT2D eigenvalue weighted by Crippen LogP contribution is 2.44. The fraction of sp³-hybridized carbons (Fsp3) is 0.368. The van der Waals surface area contributed by atoms with Crippen molar-refractivity contribution in [3.63, 3.8) is 0 Å². The Balaban J connectivity index is 1.75. The highest BCUT2D eigenvalue weighted by atomic mass is 35.5. The fourth-order valence-electron chi connectivity index (χ4n) is 3.59. The number of rotatable bonds is 2. The third-order valence-corrected chi connectivity index (χ3v) is 5.18. The molecule has 3 aliphatic rings. The lowest BCUT2D eigenvalue weighted by Gasteiger charge is -2.09. The van der Waals surface area contributed by atoms with Gasteiger partial charge in [-0.2, -0.15) is 4.58 Å². The van der Waals surface area contributed by atoms with Gasteiger partial charge < -0.3 is 4.74 Å². The smallest absolute Gasteiger partial charge is 0.315 e. The lowest BCUT2D eigenvalue weighted by molar-refractivity contribution is -0.307. The van der Waals surface area contributed by atoms with Crippen LogP contribution in [0.3, 0.4) is 0 Å². The highest BCUT2D eigenvalue weighted by Gasteiger charge is 2.39. The number of hydrogen-bond acceptors (Lipinski definition) is 4. The number of aromatic nitrogens is 2. The molecule has 1 saturated heterocycles. The summed E-state index contributed by atoms with van der Waals surface area (Å²) in [5.41, 5.74) is 4.36. The van der Waals surface area contributed by atoms with Gasteiger partial charge in [0.1, 0.15) is 0 Å². The van der Waals surface area contributed by atoms with Gasteiger partial charge in [-0.1, -0.05) is 39.8 Å². The van der Waals surface area contributed by atoms with Crippen molar-refractivity contribution in [3.8, 4) is 0 Å². The second-order valence-corrected chi connectivity index (χ2v) is 7.09. The first-order valence-corrected chi connectivity index (χ1v) is 9.05. The van der Waals surface area contributed by atoms with Crippen molar-refractivity contribution in [2.75, 3.05) is 13.2 Å². The molecule has 126 valence electrons. The van der Waals surface area contributed by atoms with Crippen LogP contribution in [0, 0.1) is 6.92 Å². The summed E-state index contributed by atoms with van der Waals surface area (Å²) >= 11 is 6.39. The summed E-state index contributed by atoms with van der Waals surface area (Å²) in [4.78, 5) is 13.8. The van der Waals surface area contributed by atoms with Gasteiger partial charge in [-0.05, 0) is 30.4 Å². The van der Waals surface area contributed by atoms with Crippen LogP contribution in [0.5, 0.6) is 0 Å². The number of aryl methyl sites for hydroxylation is 1. The van der Waals surface area contributed by atoms with E-state index in [4.69, 9.17) is 21.3 Å². The van der Waals surface area contributed by atoms with Gasteiger partial charge in [0, 0.05) is 13.3 Å². The Labute approximate surface area is 151 Å². The lowest BCUT2D eigenvalue weighted by Crippen LogP contribution is -2.24. The van der Waals surface area contributed by atoms with Crippen LogP contribution in [-0.4, -0.2) is 39.3 Å². The van der Waals surface area contributed by atoms with E-state index in [-0.39, 0.29) is 0 Å². The van der Waals surface area contributed by atoms with Crippen LogP contribution in [0.2, 0.25) is 5.15 Å². The number of aliphatic imine (C=N–C) groups is 1. The summed E-state index contributed by atoms with van der Waals surface area (Å²) < 4.78 is 7.75. The van der Waals surface area contributed by atoms with Crippen LogP contribution < -0.4 is 0 Å². The van der Waals surface area contributed by atoms with Gasteiger partial charge in [0.15, 0.2) is 5.15 Å². The highest BCUT2D eigenvalue weighted by molar-refractivity contribution is 6.32. The lowest BCUT2D eigenvalue weighted by atomic mass is 10.0. The molecule has 0 spiro atoms. The molecule has 2 aromatic rings. The van der Waals surface area contributed by atoms with Gasteiger partial charge in [-0.3, -0.25) is 0 Å². The minimum Gasteiger partial charge on any atom is -0.374 e. The number of ether oxygens (including phenoxy) is 1. The Hall–Kier alpha value is -2.11. The van der Waals surface area contributed by atoms with Crippen molar-refractivity contribution < 1.29 is 9.31 Å². The van der Waals surface area contributed by atoms with E-state index in [2.05, 4.69) is 38.8 Å². The largest absolute Gasteiger partial charge is 0.374 e. The van der Waals surface area contributed by atoms with Crippen molar-refractivity contribution in [1.82, 2.24) is 9.97 Å². The predicted octanol–water partition coefficient (Wildman–Crippen LogP) is 3.91. The van der Waals surface area contributed by atoms with Crippen LogP contribution in [0.15, 0.2) is 29.3 Å². The minimum atomic E-state index is 0.408. The number of benzene rings is 1. The maximum absolute atomic E-state index is 6.39. The Kier molecular flexibility index (Phi) is 3.47. The van der Waals surface area contributed by atoms with Gasteiger partial charge in [0.2, 0.25) is 5.82 Å². The normalized spacial score (nSPS) is 22.2. The quantitative estimate of drug-likeness (QED) is 0.607. The molecule has 5 rings (SSSR count). The van der Waals surface area contributed by atoms with Gasteiger partial charge >= 0.3 is 5.82 Å². The number of nitrogens with zero attached hydrogens (tertiary/aromatic N) is 4. The summed E-state index contributed by atoms with van der Waals surface area (Å²) in [5.74, 6) is 2.97. The molecule has 1 aliphatic carbocycles. The Bertz CT molecular complexity index is 938. The van der Waals surface area contributed by atoms with Gasteiger partial charge in [0.05, 0.1) is 24.5 Å². The van der Waals surface area contributed by atoms with E-state index < -0.39 is 0 Å². The van der Waals surface area contributed by atoms with Crippen molar-refractivity contribution in [2.24, 2.45) is 4.99 Å². The third kappa shape index (κ3) is 2.50. The predicted molar refractivity (Wildman–Crippen MR) is 96.8 cm³/mol. The molecule has 3 heterocycles. The topological polar surface area (TPSA) is 50.4 Å². The molecular weight excluding hydrogens is 336 g/mol. The van der Waals surface area contributed by atoms with Crippen molar-refractivity contribution in [1.29, 1.82) is 0 Å². The van der Waals surface area contributed by atoms with Gasteiger partial charge in [0.25, 0.3) is 11.5 Å². The second-order valence-electron chi connectivity index (χ2n) is 6.74. The number of hydrogen-bond donors (Lipinski definition) is 0. The zero-order chi connectivity index (χ0) is 17.0. The van der Waals surface area contributed by atoms with E-state index in [1.807, 2.05) is 6.92 Å². The van der Waals surface area contributed by atoms with Crippen LogP contribution in [0.4, 0.5) is 11.5 Å². The van der Waals surface area contributed by atoms with Gasteiger partial charge in [-0.25, -0.2) is 4.98 Å². The molecule has 1 aromatic heterocycles. The van der Waals surface area contributed by atoms with Crippen molar-refractivity contribution in [2.45, 2.75) is 32.1 Å². The first-order chi connectivity index (χ1) is 12.2. The van der Waals surface area contributed by atoms with Crippen molar-refractivity contribution >= 4 is 34.7 Å². The van der Waals surface area contributed by atoms with Crippen LogP contribution in [0.25, 0.3) is 0 Å². The van der Waals surface area contributed by atoms with E-state index in [0.29, 0.717) is 29.2 Å². The maximum atomic E-state index is 6.39. The molecule has 0 atom stereocenters. The Morgan fingerprint density at radius 3 is 2.80 bits per heavy atom. The van der Waals surface area contributed by atoms with E-state index in [1.165, 1.54) is 24.1 Å². The molecule has 0 amide bonds. The molecule has 5 nitrogen and oxygen atoms in total. The zero-order valence-electron chi connectivity index (χ0n) is 14.0. The van der Waals surface area contributed by atoms with E-state index in [9.17, 15) is 0 Å². The molecule has 0 radical (unpaired) electrons. The molecule has 25 heavy (non-hydrogen) atoms. The summed E-state index contributed by atoms with van der Waals surface area (Å²) in [7, 11) is 0. The number of halogens is 1. The van der Waals surface area contributed by atoms with E-state index in [1.54, 1.807) is 0 Å². The number of amidine groups is 1. The van der Waals surface area contributed by atoms with Crippen LogP contribution >= 0.6 is 11.6 Å². The average molecular weight is 354 g/mol.